The van der Waals surface area contributed by atoms with Gasteiger partial charge in [-0.25, -0.2) is 9.97 Å². The van der Waals surface area contributed by atoms with Gasteiger partial charge < -0.3 is 9.80 Å². The van der Waals surface area contributed by atoms with E-state index in [1.54, 1.807) is 0 Å². The summed E-state index contributed by atoms with van der Waals surface area (Å²) in [7, 11) is 0. The molecular formula is C38H36N6. The van der Waals surface area contributed by atoms with E-state index in [0.717, 1.165) is 22.3 Å². The highest BCUT2D eigenvalue weighted by atomic mass is 15.2. The van der Waals surface area contributed by atoms with Gasteiger partial charge in [-0.2, -0.15) is 10.5 Å². The van der Waals surface area contributed by atoms with Crippen LogP contribution < -0.4 is 9.80 Å². The van der Waals surface area contributed by atoms with Gasteiger partial charge in [0, 0.05) is 26.2 Å². The summed E-state index contributed by atoms with van der Waals surface area (Å²) in [5, 5.41) is 20.8. The van der Waals surface area contributed by atoms with E-state index >= 15 is 0 Å². The summed E-state index contributed by atoms with van der Waals surface area (Å²) in [5.74, 6) is 0.805. The van der Waals surface area contributed by atoms with Gasteiger partial charge in [0.05, 0.1) is 0 Å². The number of nitriles is 2. The van der Waals surface area contributed by atoms with Gasteiger partial charge in [-0.05, 0) is 49.9 Å². The average Bonchev–Trinajstić information content (AvgIpc) is 3.04. The molecule has 0 fully saturated rings. The number of aryl methyl sites for hydroxylation is 4. The Kier molecular flexibility index (Phi) is 9.33. The van der Waals surface area contributed by atoms with Crippen LogP contribution >= 0.6 is 0 Å². The molecule has 0 N–H and O–H groups in total. The number of aromatic nitrogens is 2. The Bertz CT molecular complexity index is 1560. The fourth-order valence-electron chi connectivity index (χ4n) is 5.08. The van der Waals surface area contributed by atoms with Crippen LogP contribution in [0.1, 0.15) is 55.9 Å². The summed E-state index contributed by atoms with van der Waals surface area (Å²) in [6.07, 6.45) is 0. The van der Waals surface area contributed by atoms with Crippen molar-refractivity contribution < 1.29 is 0 Å². The van der Waals surface area contributed by atoms with Crippen LogP contribution in [-0.2, 0) is 26.2 Å². The largest absolute Gasteiger partial charge is 0.346 e. The van der Waals surface area contributed by atoms with Gasteiger partial charge in [0.15, 0.2) is 23.0 Å². The standard InChI is InChI=1S/C38H36N6/c1-27-5-13-31(14-6-27)23-43(24-32-15-7-28(2)8-16-32)37-35(21-39)42-38(36(22-40)41-37)44(25-33-17-9-29(3)10-18-33)26-34-19-11-30(4)12-20-34/h5-20H,23-26H2,1-4H3. The first-order valence-corrected chi connectivity index (χ1v) is 14.8. The van der Waals surface area contributed by atoms with E-state index in [2.05, 4.69) is 137 Å². The molecule has 0 bridgehead atoms. The molecule has 44 heavy (non-hydrogen) atoms. The van der Waals surface area contributed by atoms with Crippen molar-refractivity contribution in [1.82, 2.24) is 9.97 Å². The molecular weight excluding hydrogens is 540 g/mol. The number of rotatable bonds is 10. The van der Waals surface area contributed by atoms with Gasteiger partial charge >= 0.3 is 0 Å². The van der Waals surface area contributed by atoms with Crippen LogP contribution in [0.5, 0.6) is 0 Å². The third kappa shape index (κ3) is 7.48. The van der Waals surface area contributed by atoms with Gasteiger partial charge in [0.25, 0.3) is 0 Å². The molecule has 1 heterocycles. The smallest absolute Gasteiger partial charge is 0.185 e. The molecule has 5 aromatic rings. The molecule has 0 aliphatic carbocycles. The zero-order chi connectivity index (χ0) is 31.1. The van der Waals surface area contributed by atoms with Gasteiger partial charge in [-0.3, -0.25) is 0 Å². The van der Waals surface area contributed by atoms with Crippen LogP contribution in [0.2, 0.25) is 0 Å². The van der Waals surface area contributed by atoms with Crippen LogP contribution in [0.25, 0.3) is 0 Å². The average molecular weight is 577 g/mol. The van der Waals surface area contributed by atoms with Crippen molar-refractivity contribution in [2.45, 2.75) is 53.9 Å². The Balaban J connectivity index is 1.58. The second-order valence-electron chi connectivity index (χ2n) is 11.4. The highest BCUT2D eigenvalue weighted by molar-refractivity contribution is 5.61. The molecule has 5 rings (SSSR count). The minimum absolute atomic E-state index is 0.191. The summed E-state index contributed by atoms with van der Waals surface area (Å²) in [4.78, 5) is 13.8. The minimum Gasteiger partial charge on any atom is -0.346 e. The molecule has 6 heteroatoms. The Morgan fingerprint density at radius 2 is 0.659 bits per heavy atom. The maximum Gasteiger partial charge on any atom is 0.185 e. The number of nitrogens with zero attached hydrogens (tertiary/aromatic N) is 6. The lowest BCUT2D eigenvalue weighted by molar-refractivity contribution is 0.754. The van der Waals surface area contributed by atoms with Crippen LogP contribution in [0, 0.1) is 50.4 Å². The van der Waals surface area contributed by atoms with Crippen LogP contribution in [0.4, 0.5) is 11.6 Å². The van der Waals surface area contributed by atoms with Crippen molar-refractivity contribution in [3.8, 4) is 12.1 Å². The summed E-state index contributed by atoms with van der Waals surface area (Å²) in [6, 6.07) is 37.9. The molecule has 0 amide bonds. The molecule has 6 nitrogen and oxygen atoms in total. The monoisotopic (exact) mass is 576 g/mol. The maximum absolute atomic E-state index is 10.4. The van der Waals surface area contributed by atoms with Gasteiger partial charge in [0.1, 0.15) is 12.1 Å². The van der Waals surface area contributed by atoms with E-state index < -0.39 is 0 Å². The predicted octanol–water partition coefficient (Wildman–Crippen LogP) is 7.87. The Hall–Kier alpha value is -5.46. The van der Waals surface area contributed by atoms with Crippen molar-refractivity contribution in [3.63, 3.8) is 0 Å². The second-order valence-corrected chi connectivity index (χ2v) is 11.4. The summed E-state index contributed by atoms with van der Waals surface area (Å²) in [6.45, 7) is 10.3. The summed E-state index contributed by atoms with van der Waals surface area (Å²) < 4.78 is 0. The molecule has 0 saturated heterocycles. The van der Waals surface area contributed by atoms with Gasteiger partial charge in [-0.15, -0.1) is 0 Å². The molecule has 0 saturated carbocycles. The third-order valence-corrected chi connectivity index (χ3v) is 7.65. The molecule has 0 radical (unpaired) electrons. The maximum atomic E-state index is 10.4. The SMILES string of the molecule is Cc1ccc(CN(Cc2ccc(C)cc2)c2nc(C#N)c(N(Cc3ccc(C)cc3)Cc3ccc(C)cc3)nc2C#N)cc1. The molecule has 0 aliphatic heterocycles. The number of hydrogen-bond acceptors (Lipinski definition) is 6. The number of anilines is 2. The van der Waals surface area contributed by atoms with E-state index in [1.807, 2.05) is 9.80 Å². The van der Waals surface area contributed by atoms with Crippen molar-refractivity contribution in [1.29, 1.82) is 10.5 Å². The van der Waals surface area contributed by atoms with E-state index in [-0.39, 0.29) is 11.4 Å². The molecule has 0 spiro atoms. The highest BCUT2D eigenvalue weighted by Gasteiger charge is 2.23. The van der Waals surface area contributed by atoms with Gasteiger partial charge in [0.2, 0.25) is 0 Å². The predicted molar refractivity (Wildman–Crippen MR) is 176 cm³/mol. The molecule has 1 aromatic heterocycles. The lowest BCUT2D eigenvalue weighted by Gasteiger charge is -2.28. The highest BCUT2D eigenvalue weighted by Crippen LogP contribution is 2.28. The Morgan fingerprint density at radius 3 is 0.864 bits per heavy atom. The normalized spacial score (nSPS) is 10.6. The fraction of sp³-hybridized carbons (Fsp3) is 0.211. The first kappa shape index (κ1) is 30.0. The van der Waals surface area contributed by atoms with E-state index in [9.17, 15) is 10.5 Å². The molecule has 218 valence electrons. The minimum atomic E-state index is 0.191. The van der Waals surface area contributed by atoms with Crippen molar-refractivity contribution in [2.75, 3.05) is 9.80 Å². The van der Waals surface area contributed by atoms with Crippen LogP contribution in [0.15, 0.2) is 97.1 Å². The lowest BCUT2D eigenvalue weighted by Crippen LogP contribution is -2.28. The summed E-state index contributed by atoms with van der Waals surface area (Å²) >= 11 is 0. The Morgan fingerprint density at radius 1 is 0.432 bits per heavy atom. The quantitative estimate of drug-likeness (QED) is 0.168. The van der Waals surface area contributed by atoms with Crippen molar-refractivity contribution in [3.05, 3.63) is 153 Å². The Labute approximate surface area is 260 Å². The molecule has 4 aromatic carbocycles. The second kappa shape index (κ2) is 13.7. The van der Waals surface area contributed by atoms with Crippen LogP contribution in [-0.4, -0.2) is 9.97 Å². The number of hydrogen-bond donors (Lipinski definition) is 0. The first-order valence-electron chi connectivity index (χ1n) is 14.8. The zero-order valence-electron chi connectivity index (χ0n) is 25.7. The van der Waals surface area contributed by atoms with E-state index in [1.165, 1.54) is 22.3 Å². The zero-order valence-corrected chi connectivity index (χ0v) is 25.7. The fourth-order valence-corrected chi connectivity index (χ4v) is 5.08. The third-order valence-electron chi connectivity index (χ3n) is 7.65. The van der Waals surface area contributed by atoms with E-state index in [4.69, 9.17) is 9.97 Å². The molecule has 0 atom stereocenters. The van der Waals surface area contributed by atoms with Gasteiger partial charge in [-0.1, -0.05) is 119 Å². The van der Waals surface area contributed by atoms with Crippen molar-refractivity contribution >= 4 is 11.6 Å². The topological polar surface area (TPSA) is 79.8 Å². The summed E-state index contributed by atoms with van der Waals surface area (Å²) in [5.41, 5.74) is 9.40. The number of benzene rings is 4. The van der Waals surface area contributed by atoms with Crippen molar-refractivity contribution in [2.24, 2.45) is 0 Å². The van der Waals surface area contributed by atoms with Crippen LogP contribution in [0.3, 0.4) is 0 Å². The van der Waals surface area contributed by atoms with E-state index in [0.29, 0.717) is 37.8 Å². The first-order chi connectivity index (χ1) is 21.3. The lowest BCUT2D eigenvalue weighted by atomic mass is 10.1. The molecule has 0 unspecified atom stereocenters. The molecule has 0 aliphatic rings.